The number of nitrogens with one attached hydrogen (secondary N) is 5. The minimum absolute atomic E-state index is 0.0409. The Bertz CT molecular complexity index is 1800. The minimum atomic E-state index is -1.28. The third-order valence-electron chi connectivity index (χ3n) is 7.40. The lowest BCUT2D eigenvalue weighted by Crippen LogP contribution is -2.41. The van der Waals surface area contributed by atoms with Gasteiger partial charge in [0.2, 0.25) is 11.8 Å². The van der Waals surface area contributed by atoms with Gasteiger partial charge in [-0.3, -0.25) is 28.8 Å². The molecule has 12 N–H and O–H groups in total. The molecule has 2 aromatic rings. The fourth-order valence-electron chi connectivity index (χ4n) is 4.65. The van der Waals surface area contributed by atoms with Gasteiger partial charge < -0.3 is 67.2 Å². The molecule has 0 saturated carbocycles. The molecule has 0 saturated heterocycles. The van der Waals surface area contributed by atoms with Crippen LogP contribution in [0.15, 0.2) is 0 Å². The largest absolute Gasteiger partial charge is 0.395 e. The Balaban J connectivity index is 2.56. The van der Waals surface area contributed by atoms with Crippen molar-refractivity contribution in [1.82, 2.24) is 20.9 Å². The van der Waals surface area contributed by atoms with Crippen LogP contribution in [0.5, 0.6) is 0 Å². The van der Waals surface area contributed by atoms with E-state index in [0.717, 1.165) is 0 Å². The zero-order valence-electron chi connectivity index (χ0n) is 28.6. The van der Waals surface area contributed by atoms with E-state index in [9.17, 15) is 59.4 Å². The van der Waals surface area contributed by atoms with E-state index in [1.807, 2.05) is 0 Å². The third kappa shape index (κ3) is 13.1. The van der Waals surface area contributed by atoms with Gasteiger partial charge in [0.15, 0.2) is 0 Å². The Morgan fingerprint density at radius 3 is 1.40 bits per heavy atom. The van der Waals surface area contributed by atoms with Gasteiger partial charge in [-0.05, 0) is 125 Å². The van der Waals surface area contributed by atoms with Crippen molar-refractivity contribution in [3.63, 3.8) is 0 Å². The molecule has 0 aliphatic heterocycles. The molecule has 0 heterocycles. The number of benzene rings is 2. The molecule has 2 atom stereocenters. The summed E-state index contributed by atoms with van der Waals surface area (Å²) >= 11 is 8.95. The molecule has 0 bridgehead atoms. The van der Waals surface area contributed by atoms with Gasteiger partial charge in [0.05, 0.1) is 76.4 Å². The molecule has 6 amide bonds. The van der Waals surface area contributed by atoms with Crippen LogP contribution >= 0.6 is 113 Å². The summed E-state index contributed by atoms with van der Waals surface area (Å²) in [6.45, 7) is -3.37. The van der Waals surface area contributed by atoms with Crippen molar-refractivity contribution in [2.24, 2.45) is 0 Å². The Labute approximate surface area is 382 Å². The molecule has 0 aliphatic carbocycles. The zero-order valence-corrected chi connectivity index (χ0v) is 39.4. The number of rotatable bonds is 19. The van der Waals surface area contributed by atoms with E-state index in [2.05, 4.69) is 26.6 Å². The number of amides is 6. The summed E-state index contributed by atoms with van der Waals surface area (Å²) in [5, 5.41) is 79.1. The standard InChI is InChI=1S/C31H37I5N6O13/c1-12-17(21(32)18(29(53)38-6-13(48)8-44)23(34)26(12)40-15(50)10-46)31(55)42(4-5-43)3-2-37-28(52)19-22(33)20(30(54)39-7-14(49)9-45)25(36)27(24(19)35)41-16(51)11-47/h13-14,43-49H,2-11H2,1H3,(H,37,52)(H,38,53)(H,39,54)(H,40,50)(H,41,51). The summed E-state index contributed by atoms with van der Waals surface area (Å²) in [6.07, 6.45) is -2.54. The van der Waals surface area contributed by atoms with Gasteiger partial charge >= 0.3 is 0 Å². The van der Waals surface area contributed by atoms with Crippen LogP contribution in [-0.2, 0) is 9.59 Å². The number of halogens is 5. The summed E-state index contributed by atoms with van der Waals surface area (Å²) in [5.74, 6) is -4.58. The van der Waals surface area contributed by atoms with Crippen LogP contribution in [0.25, 0.3) is 0 Å². The van der Waals surface area contributed by atoms with Crippen LogP contribution in [-0.4, -0.2) is 154 Å². The van der Waals surface area contributed by atoms with Gasteiger partial charge in [-0.1, -0.05) is 0 Å². The normalized spacial score (nSPS) is 12.0. The van der Waals surface area contributed by atoms with Crippen LogP contribution in [0.2, 0.25) is 0 Å². The lowest BCUT2D eigenvalue weighted by molar-refractivity contribution is -0.119. The first-order valence-corrected chi connectivity index (χ1v) is 21.2. The van der Waals surface area contributed by atoms with E-state index in [-0.39, 0.29) is 89.8 Å². The molecular weight excluding hydrogens is 1300 g/mol. The van der Waals surface area contributed by atoms with Gasteiger partial charge in [-0.25, -0.2) is 0 Å². The second-order valence-electron chi connectivity index (χ2n) is 11.2. The molecule has 0 fully saturated rings. The van der Waals surface area contributed by atoms with Gasteiger partial charge in [-0.2, -0.15) is 0 Å². The van der Waals surface area contributed by atoms with Crippen molar-refractivity contribution in [3.05, 3.63) is 45.7 Å². The highest BCUT2D eigenvalue weighted by atomic mass is 127. The predicted molar refractivity (Wildman–Crippen MR) is 239 cm³/mol. The van der Waals surface area contributed by atoms with Gasteiger partial charge in [0.25, 0.3) is 23.6 Å². The van der Waals surface area contributed by atoms with Crippen LogP contribution in [0.4, 0.5) is 11.4 Å². The van der Waals surface area contributed by atoms with Crippen molar-refractivity contribution >= 4 is 160 Å². The average molecular weight is 1340 g/mol. The maximum Gasteiger partial charge on any atom is 0.255 e. The summed E-state index contributed by atoms with van der Waals surface area (Å²) in [4.78, 5) is 80.2. The van der Waals surface area contributed by atoms with Crippen LogP contribution in [0, 0.1) is 24.8 Å². The smallest absolute Gasteiger partial charge is 0.255 e. The number of aliphatic hydroxyl groups is 7. The fraction of sp³-hybridized carbons (Fsp3) is 0.419. The molecule has 0 radical (unpaired) electrons. The van der Waals surface area contributed by atoms with Crippen LogP contribution in [0.1, 0.15) is 47.0 Å². The molecule has 2 aromatic carbocycles. The molecule has 2 unspecified atom stereocenters. The number of nitrogens with zero attached hydrogens (tertiary/aromatic N) is 1. The average Bonchev–Trinajstić information content (AvgIpc) is 3.15. The molecule has 0 aliphatic rings. The molecule has 19 nitrogen and oxygen atoms in total. The molecule has 0 spiro atoms. The topological polar surface area (TPSA) is 307 Å². The second-order valence-corrected chi connectivity index (χ2v) is 16.6. The number of hydrogen-bond donors (Lipinski definition) is 12. The van der Waals surface area contributed by atoms with Gasteiger partial charge in [-0.15, -0.1) is 0 Å². The molecule has 2 rings (SSSR count). The highest BCUT2D eigenvalue weighted by molar-refractivity contribution is 14.1. The van der Waals surface area contributed by atoms with E-state index in [1.54, 1.807) is 113 Å². The van der Waals surface area contributed by atoms with E-state index in [0.29, 0.717) is 0 Å². The number of aliphatic hydroxyl groups excluding tert-OH is 7. The molecule has 55 heavy (non-hydrogen) atoms. The quantitative estimate of drug-likeness (QED) is 0.0746. The molecule has 304 valence electrons. The minimum Gasteiger partial charge on any atom is -0.395 e. The number of carbonyl (C=O) groups excluding carboxylic acids is 6. The van der Waals surface area contributed by atoms with Gasteiger partial charge in [0, 0.05) is 39.9 Å². The summed E-state index contributed by atoms with van der Waals surface area (Å²) < 4.78 is 0.940. The summed E-state index contributed by atoms with van der Waals surface area (Å²) in [6, 6.07) is 0. The maximum absolute atomic E-state index is 14.2. The Hall–Kier alpha value is -1.37. The lowest BCUT2D eigenvalue weighted by atomic mass is 10.00. The summed E-state index contributed by atoms with van der Waals surface area (Å²) in [5.41, 5.74) is 0.133. The van der Waals surface area contributed by atoms with Crippen molar-refractivity contribution in [2.75, 3.05) is 76.4 Å². The van der Waals surface area contributed by atoms with Crippen molar-refractivity contribution in [2.45, 2.75) is 19.1 Å². The van der Waals surface area contributed by atoms with Crippen molar-refractivity contribution in [3.8, 4) is 0 Å². The van der Waals surface area contributed by atoms with E-state index in [4.69, 9.17) is 5.11 Å². The van der Waals surface area contributed by atoms with Crippen LogP contribution < -0.4 is 26.6 Å². The van der Waals surface area contributed by atoms with Gasteiger partial charge in [0.1, 0.15) is 13.2 Å². The highest BCUT2D eigenvalue weighted by Gasteiger charge is 2.32. The van der Waals surface area contributed by atoms with E-state index >= 15 is 0 Å². The Morgan fingerprint density at radius 2 is 0.982 bits per heavy atom. The second kappa shape index (κ2) is 23.9. The third-order valence-corrected chi connectivity index (χ3v) is 12.8. The number of carbonyl (C=O) groups is 6. The fourth-order valence-corrected chi connectivity index (χ4v) is 11.8. The predicted octanol–water partition coefficient (Wildman–Crippen LogP) is -1.09. The first kappa shape index (κ1) is 49.8. The van der Waals surface area contributed by atoms with Crippen LogP contribution in [0.3, 0.4) is 0 Å². The highest BCUT2D eigenvalue weighted by Crippen LogP contribution is 2.37. The molecule has 0 aromatic heterocycles. The van der Waals surface area contributed by atoms with Crippen molar-refractivity contribution in [1.29, 1.82) is 0 Å². The first-order chi connectivity index (χ1) is 25.9. The lowest BCUT2D eigenvalue weighted by Gasteiger charge is -2.26. The number of anilines is 2. The summed E-state index contributed by atoms with van der Waals surface area (Å²) in [7, 11) is 0. The number of hydrogen-bond acceptors (Lipinski definition) is 13. The Morgan fingerprint density at radius 1 is 0.582 bits per heavy atom. The SMILES string of the molecule is Cc1c(NC(=O)CO)c(I)c(C(=O)NCC(O)CO)c(I)c1C(=O)N(CCO)CCNC(=O)c1c(I)c(NC(=O)CO)c(I)c(C(=O)NCC(O)CO)c1I. The maximum atomic E-state index is 14.2. The molecular formula is C31H37I5N6O13. The van der Waals surface area contributed by atoms with E-state index in [1.165, 1.54) is 11.8 Å². The molecule has 24 heteroatoms. The monoisotopic (exact) mass is 1340 g/mol. The first-order valence-electron chi connectivity index (χ1n) is 15.8. The van der Waals surface area contributed by atoms with Crippen molar-refractivity contribution < 1.29 is 64.5 Å². The van der Waals surface area contributed by atoms with E-state index < -0.39 is 80.7 Å². The Kier molecular flexibility index (Phi) is 21.6. The zero-order chi connectivity index (χ0) is 41.7.